The maximum absolute atomic E-state index is 14.1. The highest BCUT2D eigenvalue weighted by Crippen LogP contribution is 2.19. The second-order valence-electron chi connectivity index (χ2n) is 20.7. The Kier molecular flexibility index (Phi) is 25.2. The molecule has 5 atom stereocenters. The first-order chi connectivity index (χ1) is 39.5. The number of benzene rings is 3. The van der Waals surface area contributed by atoms with Gasteiger partial charge in [-0.25, -0.2) is 4.98 Å². The van der Waals surface area contributed by atoms with Crippen molar-refractivity contribution in [2.75, 3.05) is 25.1 Å². The maximum Gasteiger partial charge on any atom is 0.295 e. The molecule has 0 saturated carbocycles. The summed E-state index contributed by atoms with van der Waals surface area (Å²) in [7, 11) is -4.47. The van der Waals surface area contributed by atoms with E-state index in [4.69, 9.17) is 5.73 Å². The minimum Gasteiger partial charge on any atom is -0.348 e. The lowest BCUT2D eigenvalue weighted by atomic mass is 10.0. The molecule has 1 saturated heterocycles. The van der Waals surface area contributed by atoms with Gasteiger partial charge in [0.1, 0.15) is 40.9 Å². The number of aromatic nitrogens is 1. The van der Waals surface area contributed by atoms with E-state index in [2.05, 4.69) is 58.3 Å². The average molecular weight is 1170 g/mol. The van der Waals surface area contributed by atoms with Gasteiger partial charge in [0.05, 0.1) is 18.3 Å². The molecule has 446 valence electrons. The maximum atomic E-state index is 14.1. The lowest BCUT2D eigenvalue weighted by molar-refractivity contribution is -0.138. The number of hydrogen-bond acceptors (Lipinski definition) is 15. The zero-order chi connectivity index (χ0) is 60.6. The topological polar surface area (TPSA) is 371 Å². The van der Waals surface area contributed by atoms with Crippen molar-refractivity contribution in [2.45, 2.75) is 128 Å². The minimum atomic E-state index is -4.47. The van der Waals surface area contributed by atoms with Gasteiger partial charge in [-0.1, -0.05) is 88.4 Å². The van der Waals surface area contributed by atoms with Crippen molar-refractivity contribution < 1.29 is 56.1 Å². The molecule has 2 heterocycles. The summed E-state index contributed by atoms with van der Waals surface area (Å²) >= 11 is 0. The summed E-state index contributed by atoms with van der Waals surface area (Å²) in [6, 6.07) is 18.7. The zero-order valence-corrected chi connectivity index (χ0v) is 47.9. The Morgan fingerprint density at radius 3 is 1.95 bits per heavy atom. The first-order valence-electron chi connectivity index (χ1n) is 27.3. The van der Waals surface area contributed by atoms with Gasteiger partial charge >= 0.3 is 0 Å². The van der Waals surface area contributed by atoms with Gasteiger partial charge in [-0.15, -0.1) is 0 Å². The number of hydrazine groups is 1. The number of nitrogens with zero attached hydrogens (tertiary/aromatic N) is 3. The van der Waals surface area contributed by atoms with E-state index in [1.807, 2.05) is 58.0 Å². The number of likely N-dealkylation sites (tertiary alicyclic amines) is 1. The van der Waals surface area contributed by atoms with Crippen LogP contribution in [0.3, 0.4) is 0 Å². The average Bonchev–Trinajstić information content (AvgIpc) is 4.19. The third-order valence-electron chi connectivity index (χ3n) is 13.2. The smallest absolute Gasteiger partial charge is 0.295 e. The summed E-state index contributed by atoms with van der Waals surface area (Å²) in [5.74, 6) is -5.29. The summed E-state index contributed by atoms with van der Waals surface area (Å²) in [4.78, 5) is 126. The Balaban J connectivity index is 1.15. The molecule has 0 aliphatic carbocycles. The highest BCUT2D eigenvalue weighted by Gasteiger charge is 2.35. The lowest BCUT2D eigenvalue weighted by Gasteiger charge is -2.27. The Labute approximate surface area is 482 Å². The van der Waals surface area contributed by atoms with Crippen molar-refractivity contribution in [1.29, 1.82) is 0 Å². The Morgan fingerprint density at radius 2 is 1.33 bits per heavy atom. The number of nitrogens with two attached hydrogens (primary N) is 1. The van der Waals surface area contributed by atoms with Crippen LogP contribution in [0.25, 0.3) is 0 Å². The standard InChI is InChI=1S/C57H75N13O12S/c1-35(2)29-45(66-57(79)47-17-12-28-70(47)37(5)71)53(75)61-34-50(72)63-44(25-21-38-13-7-6-8-14-38)55(77)64-43(16-11-27-58)54(76)65-46(30-36(3)4)56(78)69-68-52(74)40-22-19-39(20-23-40)31-60-51(73)42-24-26-49(59-32-42)67-62-33-41-15-9-10-18-48(41)83(80,81)82/h6-10,13-15,18-20,22-24,26,32-33,35-36,43-47H,11-12,16-17,21,25,27-31,34,58H2,1-5H3,(H,59,67)(H,60,73)(H,61,75)(H,63,72)(H,64,77)(H,65,76)(H,66,79)(H,68,74)(H,69,78)(H,80,81,82)/t43-,44-,45-,46-,47-/m0/s1. The Morgan fingerprint density at radius 1 is 0.699 bits per heavy atom. The van der Waals surface area contributed by atoms with Gasteiger partial charge in [-0.2, -0.15) is 13.5 Å². The van der Waals surface area contributed by atoms with E-state index in [1.165, 1.54) is 66.7 Å². The van der Waals surface area contributed by atoms with Crippen LogP contribution in [0.2, 0.25) is 0 Å². The molecular weight excluding hydrogens is 1090 g/mol. The zero-order valence-electron chi connectivity index (χ0n) is 47.1. The summed E-state index contributed by atoms with van der Waals surface area (Å²) in [5.41, 5.74) is 15.2. The molecule has 5 rings (SSSR count). The largest absolute Gasteiger partial charge is 0.348 e. The van der Waals surface area contributed by atoms with E-state index < -0.39 is 94.1 Å². The first-order valence-corrected chi connectivity index (χ1v) is 28.7. The third kappa shape index (κ3) is 21.3. The molecule has 25 nitrogen and oxygen atoms in total. The van der Waals surface area contributed by atoms with Gasteiger partial charge in [-0.05, 0) is 111 Å². The van der Waals surface area contributed by atoms with E-state index in [9.17, 15) is 56.1 Å². The number of aryl methyl sites for hydroxylation is 1. The van der Waals surface area contributed by atoms with Gasteiger partial charge in [0.25, 0.3) is 27.8 Å². The van der Waals surface area contributed by atoms with Gasteiger partial charge in [-0.3, -0.25) is 64.0 Å². The Hall–Kier alpha value is -8.62. The molecule has 26 heteroatoms. The fourth-order valence-corrected chi connectivity index (χ4v) is 9.58. The van der Waals surface area contributed by atoms with Gasteiger partial charge in [0.15, 0.2) is 0 Å². The summed E-state index contributed by atoms with van der Waals surface area (Å²) in [6.45, 7) is 8.91. The van der Waals surface area contributed by atoms with Crippen LogP contribution in [-0.4, -0.2) is 132 Å². The molecule has 4 aromatic rings. The predicted molar refractivity (Wildman–Crippen MR) is 308 cm³/mol. The number of carbonyl (C=O) groups excluding carboxylic acids is 9. The SMILES string of the molecule is CC(=O)N1CCC[C@H]1C(=O)N[C@@H](CC(C)C)C(=O)NCC(=O)N[C@@H](CCc1ccccc1)C(=O)N[C@@H](CCCN)C(=O)N[C@@H](CC(C)C)C(=O)NNC(=O)c1ccc(CNC(=O)c2ccc(NN=Cc3ccccc3S(=O)(=O)O)nc2)cc1. The van der Waals surface area contributed by atoms with Crippen LogP contribution >= 0.6 is 0 Å². The number of nitrogens with one attached hydrogen (secondary N) is 9. The van der Waals surface area contributed by atoms with Gasteiger partial charge in [0.2, 0.25) is 35.4 Å². The van der Waals surface area contributed by atoms with E-state index in [-0.39, 0.29) is 83.9 Å². The van der Waals surface area contributed by atoms with Gasteiger partial charge in [0, 0.05) is 37.3 Å². The van der Waals surface area contributed by atoms with Crippen LogP contribution in [0.15, 0.2) is 107 Å². The molecule has 12 N–H and O–H groups in total. The fourth-order valence-electron chi connectivity index (χ4n) is 8.91. The number of carbonyl (C=O) groups is 9. The molecule has 9 amide bonds. The van der Waals surface area contributed by atoms with Crippen molar-refractivity contribution in [3.8, 4) is 0 Å². The van der Waals surface area contributed by atoms with E-state index in [1.54, 1.807) is 18.2 Å². The first kappa shape index (κ1) is 65.2. The molecule has 0 spiro atoms. The van der Waals surface area contributed by atoms with Gasteiger partial charge < -0.3 is 42.5 Å². The molecule has 0 unspecified atom stereocenters. The monoisotopic (exact) mass is 1170 g/mol. The molecule has 0 radical (unpaired) electrons. The number of hydrazone groups is 1. The van der Waals surface area contributed by atoms with Crippen LogP contribution in [0, 0.1) is 11.8 Å². The quantitative estimate of drug-likeness (QED) is 0.0210. The molecule has 1 aliphatic rings. The molecule has 3 aromatic carbocycles. The van der Waals surface area contributed by atoms with E-state index >= 15 is 0 Å². The molecule has 0 bridgehead atoms. The molecule has 1 aliphatic heterocycles. The van der Waals surface area contributed by atoms with Crippen molar-refractivity contribution in [2.24, 2.45) is 22.7 Å². The number of anilines is 1. The highest BCUT2D eigenvalue weighted by molar-refractivity contribution is 7.86. The number of pyridine rings is 1. The van der Waals surface area contributed by atoms with Crippen molar-refractivity contribution in [3.63, 3.8) is 0 Å². The second kappa shape index (κ2) is 32.1. The minimum absolute atomic E-state index is 0.0248. The summed E-state index contributed by atoms with van der Waals surface area (Å²) in [5, 5.41) is 20.2. The fraction of sp³-hybridized carbons (Fsp3) is 0.421. The van der Waals surface area contributed by atoms with E-state index in [0.29, 0.717) is 37.8 Å². The van der Waals surface area contributed by atoms with Crippen LogP contribution in [0.1, 0.15) is 117 Å². The van der Waals surface area contributed by atoms with Crippen LogP contribution in [0.5, 0.6) is 0 Å². The normalized spacial score (nSPS) is 14.6. The molecular formula is C57H75N13O12S. The summed E-state index contributed by atoms with van der Waals surface area (Å²) in [6.07, 6.45) is 4.77. The van der Waals surface area contributed by atoms with E-state index in [0.717, 1.165) is 5.56 Å². The van der Waals surface area contributed by atoms with Crippen LogP contribution in [-0.2, 0) is 56.6 Å². The van der Waals surface area contributed by atoms with Crippen molar-refractivity contribution in [3.05, 3.63) is 125 Å². The summed E-state index contributed by atoms with van der Waals surface area (Å²) < 4.78 is 32.7. The van der Waals surface area contributed by atoms with Crippen molar-refractivity contribution in [1.82, 2.24) is 52.6 Å². The molecule has 1 fully saturated rings. The number of rotatable bonds is 29. The highest BCUT2D eigenvalue weighted by atomic mass is 32.2. The lowest BCUT2D eigenvalue weighted by Crippen LogP contribution is -2.58. The molecule has 83 heavy (non-hydrogen) atoms. The third-order valence-corrected chi connectivity index (χ3v) is 14.1. The number of amides is 9. The Bertz CT molecular complexity index is 3040. The van der Waals surface area contributed by atoms with Crippen molar-refractivity contribution >= 4 is 75.3 Å². The number of hydrogen-bond donors (Lipinski definition) is 11. The van der Waals surface area contributed by atoms with Crippen LogP contribution < -0.4 is 53.9 Å². The predicted octanol–water partition coefficient (Wildman–Crippen LogP) is 2.00. The molecule has 1 aromatic heterocycles. The van der Waals surface area contributed by atoms with Crippen LogP contribution in [0.4, 0.5) is 5.82 Å². The second-order valence-corrected chi connectivity index (χ2v) is 22.1.